The molecule has 1 atom stereocenters. The minimum Gasteiger partial charge on any atom is -0.493 e. The molecule has 10 heteroatoms. The maximum Gasteiger partial charge on any atom is 0.248 e. The van der Waals surface area contributed by atoms with Crippen LogP contribution in [0.2, 0.25) is 0 Å². The first-order valence-electron chi connectivity index (χ1n) is 8.22. The Bertz CT molecular complexity index is 895. The molecule has 0 bridgehead atoms. The van der Waals surface area contributed by atoms with Gasteiger partial charge in [0.05, 0.1) is 25.7 Å². The molecule has 3 rings (SSSR count). The molecule has 0 aliphatic carbocycles. The minimum atomic E-state index is -0.359. The van der Waals surface area contributed by atoms with E-state index in [0.717, 1.165) is 5.56 Å². The molecule has 2 N–H and O–H groups in total. The summed E-state index contributed by atoms with van der Waals surface area (Å²) in [4.78, 5) is 23.8. The lowest BCUT2D eigenvalue weighted by atomic mass is 9.99. The van der Waals surface area contributed by atoms with E-state index in [2.05, 4.69) is 26.0 Å². The van der Waals surface area contributed by atoms with Gasteiger partial charge in [0.15, 0.2) is 16.5 Å². The van der Waals surface area contributed by atoms with Gasteiger partial charge in [-0.15, -0.1) is 10.2 Å². The molecule has 0 spiro atoms. The zero-order valence-corrected chi connectivity index (χ0v) is 15.9. The Morgan fingerprint density at radius 3 is 2.78 bits per heavy atom. The van der Waals surface area contributed by atoms with Crippen LogP contribution in [-0.2, 0) is 9.59 Å². The van der Waals surface area contributed by atoms with Gasteiger partial charge in [-0.3, -0.25) is 9.59 Å². The van der Waals surface area contributed by atoms with Crippen LogP contribution in [0.25, 0.3) is 10.6 Å². The summed E-state index contributed by atoms with van der Waals surface area (Å²) in [5, 5.41) is 15.7. The second-order valence-electron chi connectivity index (χ2n) is 5.82. The topological polar surface area (TPSA) is 115 Å². The summed E-state index contributed by atoms with van der Waals surface area (Å²) in [6.07, 6.45) is 0.574. The summed E-state index contributed by atoms with van der Waals surface area (Å²) in [6.45, 7) is 1.76. The Labute approximate surface area is 159 Å². The molecule has 0 unspecified atom stereocenters. The molecule has 2 heterocycles. The van der Waals surface area contributed by atoms with Gasteiger partial charge in [-0.05, 0) is 25.5 Å². The van der Waals surface area contributed by atoms with Gasteiger partial charge in [0.1, 0.15) is 0 Å². The minimum absolute atomic E-state index is 0.177. The summed E-state index contributed by atoms with van der Waals surface area (Å²) in [7, 11) is 3.11. The van der Waals surface area contributed by atoms with Gasteiger partial charge in [-0.1, -0.05) is 17.4 Å². The van der Waals surface area contributed by atoms with E-state index in [1.54, 1.807) is 27.2 Å². The molecular weight excluding hydrogens is 370 g/mol. The van der Waals surface area contributed by atoms with Crippen LogP contribution in [0.3, 0.4) is 0 Å². The normalized spacial score (nSPS) is 15.9. The Morgan fingerprint density at radius 2 is 2.11 bits per heavy atom. The second-order valence-corrected chi connectivity index (χ2v) is 6.80. The van der Waals surface area contributed by atoms with Crippen LogP contribution in [0.1, 0.15) is 19.8 Å². The van der Waals surface area contributed by atoms with Crippen LogP contribution in [0.4, 0.5) is 5.13 Å². The lowest BCUT2D eigenvalue weighted by Gasteiger charge is -2.10. The van der Waals surface area contributed by atoms with Crippen LogP contribution in [0.5, 0.6) is 11.5 Å². The zero-order chi connectivity index (χ0) is 19.4. The summed E-state index contributed by atoms with van der Waals surface area (Å²) < 4.78 is 10.7. The third kappa shape index (κ3) is 4.05. The average molecular weight is 389 g/mol. The van der Waals surface area contributed by atoms with E-state index >= 15 is 0 Å². The van der Waals surface area contributed by atoms with E-state index in [-0.39, 0.29) is 24.2 Å². The quantitative estimate of drug-likeness (QED) is 0.749. The maximum atomic E-state index is 12.2. The highest BCUT2D eigenvalue weighted by Gasteiger charge is 2.27. The van der Waals surface area contributed by atoms with Crippen molar-refractivity contribution in [3.63, 3.8) is 0 Å². The predicted molar refractivity (Wildman–Crippen MR) is 101 cm³/mol. The number of carbonyl (C=O) groups is 2. The lowest BCUT2D eigenvalue weighted by Crippen LogP contribution is -2.24. The third-order valence-electron chi connectivity index (χ3n) is 4.13. The highest BCUT2D eigenvalue weighted by Crippen LogP contribution is 2.39. The highest BCUT2D eigenvalue weighted by atomic mass is 32.1. The number of hydrogen-bond acceptors (Lipinski definition) is 8. The number of nitrogens with zero attached hydrogens (tertiary/aromatic N) is 3. The Kier molecular flexibility index (Phi) is 5.65. The number of anilines is 1. The van der Waals surface area contributed by atoms with E-state index in [4.69, 9.17) is 9.47 Å². The van der Waals surface area contributed by atoms with E-state index < -0.39 is 0 Å². The molecule has 1 aromatic heterocycles. The molecule has 1 aliphatic heterocycles. The molecular formula is C17H19N5O4S. The molecule has 2 amide bonds. The zero-order valence-electron chi connectivity index (χ0n) is 15.1. The van der Waals surface area contributed by atoms with Crippen molar-refractivity contribution in [1.29, 1.82) is 0 Å². The number of carbonyl (C=O) groups excluding carboxylic acids is 2. The van der Waals surface area contributed by atoms with Gasteiger partial charge in [0.2, 0.25) is 16.9 Å². The van der Waals surface area contributed by atoms with Gasteiger partial charge in [-0.2, -0.15) is 5.10 Å². The van der Waals surface area contributed by atoms with Gasteiger partial charge >= 0.3 is 0 Å². The first-order valence-corrected chi connectivity index (χ1v) is 9.04. The molecule has 1 aromatic carbocycles. The van der Waals surface area contributed by atoms with Gasteiger partial charge < -0.3 is 14.8 Å². The molecule has 1 aliphatic rings. The summed E-state index contributed by atoms with van der Waals surface area (Å²) in [5.74, 6) is 0.367. The van der Waals surface area contributed by atoms with E-state index in [9.17, 15) is 9.59 Å². The smallest absolute Gasteiger partial charge is 0.248 e. The van der Waals surface area contributed by atoms with Crippen LogP contribution < -0.4 is 20.2 Å². The van der Waals surface area contributed by atoms with Crippen molar-refractivity contribution in [2.45, 2.75) is 19.8 Å². The van der Waals surface area contributed by atoms with Crippen molar-refractivity contribution < 1.29 is 19.1 Å². The van der Waals surface area contributed by atoms with Gasteiger partial charge in [-0.25, -0.2) is 5.43 Å². The van der Waals surface area contributed by atoms with Gasteiger partial charge in [0.25, 0.3) is 0 Å². The largest absolute Gasteiger partial charge is 0.493 e. The summed E-state index contributed by atoms with van der Waals surface area (Å²) in [6, 6.07) is 5.46. The fraction of sp³-hybridized carbons (Fsp3) is 0.353. The number of rotatable bonds is 7. The molecule has 0 saturated carbocycles. The van der Waals surface area contributed by atoms with E-state index in [1.807, 2.05) is 12.1 Å². The fourth-order valence-electron chi connectivity index (χ4n) is 2.72. The average Bonchev–Trinajstić information content (AvgIpc) is 3.26. The van der Waals surface area contributed by atoms with E-state index in [1.165, 1.54) is 11.3 Å². The molecule has 0 radical (unpaired) electrons. The Morgan fingerprint density at radius 1 is 1.30 bits per heavy atom. The van der Waals surface area contributed by atoms with Crippen LogP contribution in [0, 0.1) is 5.92 Å². The van der Waals surface area contributed by atoms with Crippen molar-refractivity contribution >= 4 is 34.0 Å². The van der Waals surface area contributed by atoms with Crippen LogP contribution in [0.15, 0.2) is 23.3 Å². The van der Waals surface area contributed by atoms with Gasteiger partial charge in [0, 0.05) is 12.1 Å². The number of nitrogens with one attached hydrogen (secondary N) is 2. The molecule has 0 saturated heterocycles. The van der Waals surface area contributed by atoms with Crippen molar-refractivity contribution in [1.82, 2.24) is 15.6 Å². The predicted octanol–water partition coefficient (Wildman–Crippen LogP) is 2.06. The monoisotopic (exact) mass is 389 g/mol. The third-order valence-corrected chi connectivity index (χ3v) is 5.00. The summed E-state index contributed by atoms with van der Waals surface area (Å²) in [5.41, 5.74) is 3.83. The number of para-hydroxylation sites is 1. The number of benzene rings is 1. The van der Waals surface area contributed by atoms with E-state index in [0.29, 0.717) is 33.8 Å². The first-order chi connectivity index (χ1) is 13.0. The highest BCUT2D eigenvalue weighted by molar-refractivity contribution is 7.18. The maximum absolute atomic E-state index is 12.2. The van der Waals surface area contributed by atoms with Crippen molar-refractivity contribution in [2.75, 3.05) is 19.5 Å². The molecule has 0 fully saturated rings. The second kappa shape index (κ2) is 8.12. The number of ether oxygens (including phenoxy) is 2. The van der Waals surface area contributed by atoms with Crippen molar-refractivity contribution in [2.24, 2.45) is 11.0 Å². The number of hydrazone groups is 1. The van der Waals surface area contributed by atoms with Crippen molar-refractivity contribution in [3.8, 4) is 22.1 Å². The lowest BCUT2D eigenvalue weighted by molar-refractivity contribution is -0.122. The number of hydrogen-bond donors (Lipinski definition) is 2. The Hall–Kier alpha value is -3.01. The fourth-order valence-corrected chi connectivity index (χ4v) is 3.51. The van der Waals surface area contributed by atoms with Crippen LogP contribution in [-0.4, -0.2) is 41.9 Å². The number of aromatic nitrogens is 2. The molecule has 9 nitrogen and oxygen atoms in total. The molecule has 27 heavy (non-hydrogen) atoms. The van der Waals surface area contributed by atoms with Crippen molar-refractivity contribution in [3.05, 3.63) is 18.2 Å². The summed E-state index contributed by atoms with van der Waals surface area (Å²) >= 11 is 1.23. The molecule has 142 valence electrons. The first kappa shape index (κ1) is 18.8. The molecule has 2 aromatic rings. The SMILES string of the molecule is COc1cccc(-c2nnc(NC(=O)CC[C@H]3C(=O)NN=C3C)s2)c1OC. The van der Waals surface area contributed by atoms with Crippen LogP contribution >= 0.6 is 11.3 Å². The number of amides is 2. The standard InChI is InChI=1S/C17H19N5O4S/c1-9-10(15(24)20-19-9)7-8-13(23)18-17-22-21-16(27-17)11-5-4-6-12(25-2)14(11)26-3/h4-6,10H,7-8H2,1-3H3,(H,20,24)(H,18,22,23)/t10-/m1/s1. The Balaban J connectivity index is 1.65. The number of methoxy groups -OCH3 is 2.